The van der Waals surface area contributed by atoms with Crippen molar-refractivity contribution in [2.24, 2.45) is 17.8 Å². The number of ether oxygens (including phenoxy) is 1. The van der Waals surface area contributed by atoms with Crippen molar-refractivity contribution in [2.45, 2.75) is 151 Å². The number of nitrogens with one attached hydrogen (secondary N) is 2. The van der Waals surface area contributed by atoms with Gasteiger partial charge in [0.15, 0.2) is 0 Å². The van der Waals surface area contributed by atoms with E-state index in [1.165, 1.54) is 25.7 Å². The summed E-state index contributed by atoms with van der Waals surface area (Å²) in [6, 6.07) is 7.22. The second-order valence-corrected chi connectivity index (χ2v) is 19.7. The van der Waals surface area contributed by atoms with Crippen molar-refractivity contribution in [3.8, 4) is 5.75 Å². The summed E-state index contributed by atoms with van der Waals surface area (Å²) in [6.07, 6.45) is 19.6. The molecule has 2 N–H and O–H groups in total. The van der Waals surface area contributed by atoms with E-state index in [2.05, 4.69) is 22.2 Å². The van der Waals surface area contributed by atoms with Crippen molar-refractivity contribution >= 4 is 38.6 Å². The van der Waals surface area contributed by atoms with E-state index in [0.29, 0.717) is 32.1 Å². The van der Waals surface area contributed by atoms with Gasteiger partial charge in [-0.05, 0) is 83.6 Å². The molecule has 1 spiro atoms. The van der Waals surface area contributed by atoms with Gasteiger partial charge in [0.1, 0.15) is 22.9 Å². The van der Waals surface area contributed by atoms with Crippen LogP contribution in [-0.2, 0) is 30.8 Å². The zero-order chi connectivity index (χ0) is 37.0. The molecule has 4 fully saturated rings. The maximum Gasteiger partial charge on any atom is 0.259 e. The number of sulfonamides is 1. The van der Waals surface area contributed by atoms with Crippen LogP contribution in [-0.4, -0.2) is 64.5 Å². The van der Waals surface area contributed by atoms with Crippen LogP contribution < -0.4 is 14.8 Å². The Bertz CT molecular complexity index is 1920. The first kappa shape index (κ1) is 36.5. The number of aromatic nitrogens is 1. The minimum atomic E-state index is -3.91. The zero-order valence-corrected chi connectivity index (χ0v) is 32.3. The molecule has 11 heteroatoms. The Morgan fingerprint density at radius 2 is 1.79 bits per heavy atom. The first-order valence-corrected chi connectivity index (χ1v) is 21.8. The summed E-state index contributed by atoms with van der Waals surface area (Å²) in [5, 5.41) is 4.12. The molecule has 3 amide bonds. The normalized spacial score (nSPS) is 32.1. The minimum Gasteiger partial charge on any atom is -0.483 e. The van der Waals surface area contributed by atoms with Crippen LogP contribution in [0.25, 0.3) is 10.9 Å². The number of carbonyl (C=O) groups excluding carboxylic acids is 3. The quantitative estimate of drug-likeness (QED) is 0.306. The summed E-state index contributed by atoms with van der Waals surface area (Å²) in [6.45, 7) is 3.88. The number of allylic oxidation sites excluding steroid dienone is 1. The minimum absolute atomic E-state index is 0.000663. The maximum absolute atomic E-state index is 14.9. The Morgan fingerprint density at radius 1 is 1.02 bits per heavy atom. The van der Waals surface area contributed by atoms with E-state index >= 15 is 0 Å². The molecule has 8 rings (SSSR count). The molecule has 3 aliphatic carbocycles. The Hall–Kier alpha value is -3.47. The summed E-state index contributed by atoms with van der Waals surface area (Å²) in [4.78, 5) is 50.1. The standard InChI is InChI=1S/C42H56N4O6S/c1-28-36-33(32-19-10-11-20-34(32)43-28)21-22-41(52-36)26-35-37(47)44-42(39(49)45-53(50,51)40(2)23-24-40)25-31(42)18-7-5-3-4-6-16-30(38(48)46(35)27-41)17-12-15-29-13-8-9-14-29/h7,10-11,18-20,29-31,35H,3-6,8-9,12-17,21-27H2,1-2H3,(H,44,47)(H,45,49)/b18-7-/t30-,31-,35+,41-,42-/m1/s1. The third-order valence-corrected chi connectivity index (χ3v) is 15.8. The van der Waals surface area contributed by atoms with Gasteiger partial charge >= 0.3 is 0 Å². The lowest BCUT2D eigenvalue weighted by Crippen LogP contribution is -2.57. The van der Waals surface area contributed by atoms with Crippen molar-refractivity contribution in [1.82, 2.24) is 19.9 Å². The number of para-hydroxylation sites is 1. The summed E-state index contributed by atoms with van der Waals surface area (Å²) in [7, 11) is -3.91. The molecule has 3 aliphatic heterocycles. The predicted molar refractivity (Wildman–Crippen MR) is 203 cm³/mol. The monoisotopic (exact) mass is 744 g/mol. The fraction of sp³-hybridized carbons (Fsp3) is 0.667. The van der Waals surface area contributed by atoms with Crippen molar-refractivity contribution < 1.29 is 27.5 Å². The Morgan fingerprint density at radius 3 is 2.58 bits per heavy atom. The van der Waals surface area contributed by atoms with Gasteiger partial charge in [-0.3, -0.25) is 19.1 Å². The molecule has 3 saturated carbocycles. The number of carbonyl (C=O) groups is 3. The van der Waals surface area contributed by atoms with Gasteiger partial charge in [-0.2, -0.15) is 0 Å². The fourth-order valence-corrected chi connectivity index (χ4v) is 11.1. The number of benzene rings is 1. The number of rotatable bonds is 7. The lowest BCUT2D eigenvalue weighted by atomic mass is 9.87. The molecule has 1 aromatic heterocycles. The van der Waals surface area contributed by atoms with Gasteiger partial charge in [0.2, 0.25) is 21.8 Å². The van der Waals surface area contributed by atoms with Gasteiger partial charge < -0.3 is 15.0 Å². The molecule has 0 bridgehead atoms. The number of nitrogens with zero attached hydrogens (tertiary/aromatic N) is 2. The van der Waals surface area contributed by atoms with Gasteiger partial charge in [-0.25, -0.2) is 13.4 Å². The number of fused-ring (bicyclic) bond motifs is 5. The van der Waals surface area contributed by atoms with Gasteiger partial charge in [0.25, 0.3) is 5.91 Å². The Balaban J connectivity index is 1.10. The van der Waals surface area contributed by atoms with Gasteiger partial charge in [0.05, 0.1) is 22.5 Å². The molecule has 2 aromatic rings. The first-order valence-electron chi connectivity index (χ1n) is 20.4. The van der Waals surface area contributed by atoms with E-state index in [1.54, 1.807) is 11.8 Å². The Labute approximate surface area is 314 Å². The van der Waals surface area contributed by atoms with Gasteiger partial charge in [-0.1, -0.05) is 81.7 Å². The Kier molecular flexibility index (Phi) is 9.63. The van der Waals surface area contributed by atoms with Crippen LogP contribution >= 0.6 is 0 Å². The maximum atomic E-state index is 14.9. The van der Waals surface area contributed by atoms with Crippen LogP contribution in [0.4, 0.5) is 0 Å². The van der Waals surface area contributed by atoms with E-state index in [9.17, 15) is 22.8 Å². The second-order valence-electron chi connectivity index (χ2n) is 17.5. The number of aryl methyl sites for hydroxylation is 2. The van der Waals surface area contributed by atoms with Crippen LogP contribution in [0.2, 0.25) is 0 Å². The molecule has 1 aromatic carbocycles. The fourth-order valence-electron chi connectivity index (χ4n) is 9.81. The molecule has 0 radical (unpaired) electrons. The number of pyridine rings is 1. The van der Waals surface area contributed by atoms with Crippen LogP contribution in [0, 0.1) is 24.7 Å². The highest BCUT2D eigenvalue weighted by molar-refractivity contribution is 7.91. The van der Waals surface area contributed by atoms with Crippen molar-refractivity contribution in [2.75, 3.05) is 6.54 Å². The van der Waals surface area contributed by atoms with Crippen LogP contribution in [0.1, 0.15) is 127 Å². The highest BCUT2D eigenvalue weighted by Gasteiger charge is 2.64. The smallest absolute Gasteiger partial charge is 0.259 e. The van der Waals surface area contributed by atoms with E-state index in [0.717, 1.165) is 91.6 Å². The highest BCUT2D eigenvalue weighted by Crippen LogP contribution is 2.49. The van der Waals surface area contributed by atoms with Crippen molar-refractivity contribution in [3.05, 3.63) is 47.7 Å². The summed E-state index contributed by atoms with van der Waals surface area (Å²) in [5.74, 6) is -0.151. The largest absolute Gasteiger partial charge is 0.483 e. The second kappa shape index (κ2) is 14.0. The average molecular weight is 745 g/mol. The first-order chi connectivity index (χ1) is 25.4. The molecule has 6 aliphatic rings. The van der Waals surface area contributed by atoms with Crippen LogP contribution in [0.3, 0.4) is 0 Å². The molecular formula is C42H56N4O6S. The zero-order valence-electron chi connectivity index (χ0n) is 31.5. The number of hydrogen-bond acceptors (Lipinski definition) is 7. The molecule has 4 heterocycles. The van der Waals surface area contributed by atoms with Gasteiger partial charge in [-0.15, -0.1) is 0 Å². The molecule has 10 nitrogen and oxygen atoms in total. The molecular weight excluding hydrogens is 689 g/mol. The van der Waals surface area contributed by atoms with Crippen molar-refractivity contribution in [1.29, 1.82) is 0 Å². The number of hydrogen-bond donors (Lipinski definition) is 2. The summed E-state index contributed by atoms with van der Waals surface area (Å²) in [5.41, 5.74) is 0.638. The van der Waals surface area contributed by atoms with Crippen molar-refractivity contribution in [3.63, 3.8) is 0 Å². The SMILES string of the molecule is Cc1nc2ccccc2c2c1O[C@]1(CC2)C[C@H]2C(=O)N[C@]3(C(=O)NS(=O)(=O)C4(C)CC4)C[C@H]3/C=C\CCCCC[C@H](CCCC3CCCC3)C(=O)N2C1. The van der Waals surface area contributed by atoms with E-state index in [-0.39, 0.29) is 24.3 Å². The van der Waals surface area contributed by atoms with E-state index < -0.39 is 43.8 Å². The lowest BCUT2D eigenvalue weighted by molar-refractivity contribution is -0.143. The summed E-state index contributed by atoms with van der Waals surface area (Å²) >= 11 is 0. The average Bonchev–Trinajstić information content (AvgIpc) is 3.92. The molecule has 286 valence electrons. The molecule has 5 atom stereocenters. The van der Waals surface area contributed by atoms with E-state index in [4.69, 9.17) is 9.72 Å². The van der Waals surface area contributed by atoms with Crippen LogP contribution in [0.15, 0.2) is 36.4 Å². The highest BCUT2D eigenvalue weighted by atomic mass is 32.2. The molecule has 1 saturated heterocycles. The van der Waals surface area contributed by atoms with Crippen LogP contribution in [0.5, 0.6) is 5.75 Å². The van der Waals surface area contributed by atoms with Gasteiger partial charge in [0, 0.05) is 29.2 Å². The summed E-state index contributed by atoms with van der Waals surface area (Å²) < 4.78 is 34.8. The predicted octanol–water partition coefficient (Wildman–Crippen LogP) is 6.58. The third kappa shape index (κ3) is 7.00. The molecule has 53 heavy (non-hydrogen) atoms. The number of amides is 3. The molecule has 0 unspecified atom stereocenters. The topological polar surface area (TPSA) is 135 Å². The van der Waals surface area contributed by atoms with E-state index in [1.807, 2.05) is 31.2 Å². The third-order valence-electron chi connectivity index (χ3n) is 13.6. The lowest BCUT2D eigenvalue weighted by Gasteiger charge is -2.36.